The molecule has 0 radical (unpaired) electrons. The predicted molar refractivity (Wildman–Crippen MR) is 77.0 cm³/mol. The summed E-state index contributed by atoms with van der Waals surface area (Å²) in [6.07, 6.45) is 3.03. The molecule has 0 saturated heterocycles. The van der Waals surface area contributed by atoms with Crippen LogP contribution < -0.4 is 5.43 Å². The van der Waals surface area contributed by atoms with Crippen molar-refractivity contribution in [2.24, 2.45) is 5.10 Å². The van der Waals surface area contributed by atoms with E-state index in [0.717, 1.165) is 0 Å². The number of nitro groups is 1. The van der Waals surface area contributed by atoms with E-state index in [2.05, 4.69) is 15.5 Å². The Labute approximate surface area is 120 Å². The van der Waals surface area contributed by atoms with Crippen molar-refractivity contribution in [2.45, 2.75) is 6.92 Å². The second kappa shape index (κ2) is 6.38. The Bertz CT molecular complexity index is 681. The standard InChI is InChI=1S/C14H12N4O3/c1-10(11-2-4-13(5-3-11)18(20)21)16-17-14(19)12-6-8-15-9-7-12/h2-9H,1H3,(H,17,19)/b16-10+. The van der Waals surface area contributed by atoms with Gasteiger partial charge in [0.25, 0.3) is 11.6 Å². The van der Waals surface area contributed by atoms with Gasteiger partial charge in [0.1, 0.15) is 0 Å². The first kappa shape index (κ1) is 14.3. The van der Waals surface area contributed by atoms with Crippen molar-refractivity contribution in [3.05, 3.63) is 70.0 Å². The van der Waals surface area contributed by atoms with Crippen molar-refractivity contribution in [3.63, 3.8) is 0 Å². The van der Waals surface area contributed by atoms with Gasteiger partial charge in [0.05, 0.1) is 10.6 Å². The first-order chi connectivity index (χ1) is 10.1. The molecule has 2 aromatic rings. The molecule has 1 N–H and O–H groups in total. The molecule has 0 saturated carbocycles. The molecule has 0 fully saturated rings. The van der Waals surface area contributed by atoms with Gasteiger partial charge in [-0.25, -0.2) is 5.43 Å². The summed E-state index contributed by atoms with van der Waals surface area (Å²) in [6.45, 7) is 1.70. The van der Waals surface area contributed by atoms with Gasteiger partial charge in [0.2, 0.25) is 0 Å². The normalized spacial score (nSPS) is 11.0. The highest BCUT2D eigenvalue weighted by Crippen LogP contribution is 2.12. The summed E-state index contributed by atoms with van der Waals surface area (Å²) in [6, 6.07) is 9.08. The number of nitrogens with one attached hydrogen (secondary N) is 1. The summed E-state index contributed by atoms with van der Waals surface area (Å²) >= 11 is 0. The van der Waals surface area contributed by atoms with Crippen LogP contribution in [0, 0.1) is 10.1 Å². The quantitative estimate of drug-likeness (QED) is 0.528. The third-order valence-electron chi connectivity index (χ3n) is 2.76. The molecule has 0 aliphatic rings. The van der Waals surface area contributed by atoms with E-state index in [1.54, 1.807) is 31.2 Å². The van der Waals surface area contributed by atoms with Gasteiger partial charge in [0, 0.05) is 30.1 Å². The number of amides is 1. The van der Waals surface area contributed by atoms with Crippen molar-refractivity contribution >= 4 is 17.3 Å². The Hall–Kier alpha value is -3.09. The Morgan fingerprint density at radius 1 is 1.14 bits per heavy atom. The van der Waals surface area contributed by atoms with E-state index in [1.807, 2.05) is 0 Å². The lowest BCUT2D eigenvalue weighted by atomic mass is 10.1. The molecule has 0 spiro atoms. The maximum atomic E-state index is 11.8. The van der Waals surface area contributed by atoms with Crippen LogP contribution in [-0.2, 0) is 0 Å². The summed E-state index contributed by atoms with van der Waals surface area (Å²) in [5, 5.41) is 14.5. The average molecular weight is 284 g/mol. The fourth-order valence-corrected chi connectivity index (χ4v) is 1.59. The van der Waals surface area contributed by atoms with E-state index in [9.17, 15) is 14.9 Å². The number of aromatic nitrogens is 1. The maximum absolute atomic E-state index is 11.8. The number of benzene rings is 1. The van der Waals surface area contributed by atoms with E-state index < -0.39 is 4.92 Å². The predicted octanol–water partition coefficient (Wildman–Crippen LogP) is 2.14. The fourth-order valence-electron chi connectivity index (χ4n) is 1.59. The summed E-state index contributed by atoms with van der Waals surface area (Å²) in [5.74, 6) is -0.348. The molecule has 106 valence electrons. The number of carbonyl (C=O) groups excluding carboxylic acids is 1. The van der Waals surface area contributed by atoms with Crippen LogP contribution in [0.2, 0.25) is 0 Å². The van der Waals surface area contributed by atoms with Crippen molar-refractivity contribution in [3.8, 4) is 0 Å². The number of nitro benzene ring substituents is 1. The zero-order valence-electron chi connectivity index (χ0n) is 11.2. The maximum Gasteiger partial charge on any atom is 0.271 e. The van der Waals surface area contributed by atoms with Crippen molar-refractivity contribution in [1.29, 1.82) is 0 Å². The molecule has 0 aliphatic carbocycles. The minimum absolute atomic E-state index is 0.00683. The van der Waals surface area contributed by atoms with Crippen LogP contribution in [0.1, 0.15) is 22.8 Å². The minimum Gasteiger partial charge on any atom is -0.267 e. The number of rotatable bonds is 4. The minimum atomic E-state index is -0.471. The third-order valence-corrected chi connectivity index (χ3v) is 2.76. The largest absolute Gasteiger partial charge is 0.271 e. The Morgan fingerprint density at radius 2 is 1.76 bits per heavy atom. The number of carbonyl (C=O) groups is 1. The average Bonchev–Trinajstić information content (AvgIpc) is 2.53. The zero-order valence-corrected chi connectivity index (χ0v) is 11.2. The van der Waals surface area contributed by atoms with Crippen molar-refractivity contribution in [2.75, 3.05) is 0 Å². The molecular weight excluding hydrogens is 272 g/mol. The van der Waals surface area contributed by atoms with Gasteiger partial charge >= 0.3 is 0 Å². The van der Waals surface area contributed by atoms with E-state index in [1.165, 1.54) is 24.5 Å². The van der Waals surface area contributed by atoms with Gasteiger partial charge in [-0.2, -0.15) is 5.10 Å². The smallest absolute Gasteiger partial charge is 0.267 e. The van der Waals surface area contributed by atoms with Crippen molar-refractivity contribution in [1.82, 2.24) is 10.4 Å². The molecule has 1 aromatic heterocycles. The van der Waals surface area contributed by atoms with Crippen LogP contribution in [0.5, 0.6) is 0 Å². The van der Waals surface area contributed by atoms with Crippen LogP contribution >= 0.6 is 0 Å². The van der Waals surface area contributed by atoms with Gasteiger partial charge in [-0.15, -0.1) is 0 Å². The highest BCUT2D eigenvalue weighted by atomic mass is 16.6. The van der Waals surface area contributed by atoms with E-state index in [4.69, 9.17) is 0 Å². The first-order valence-corrected chi connectivity index (χ1v) is 6.07. The number of hydrazone groups is 1. The summed E-state index contributed by atoms with van der Waals surface area (Å²) in [5.41, 5.74) is 4.12. The van der Waals surface area contributed by atoms with E-state index >= 15 is 0 Å². The zero-order chi connectivity index (χ0) is 15.2. The fraction of sp³-hybridized carbons (Fsp3) is 0.0714. The van der Waals surface area contributed by atoms with E-state index in [-0.39, 0.29) is 11.6 Å². The molecule has 21 heavy (non-hydrogen) atoms. The van der Waals surface area contributed by atoms with Gasteiger partial charge in [-0.3, -0.25) is 19.9 Å². The Morgan fingerprint density at radius 3 is 2.33 bits per heavy atom. The SMILES string of the molecule is C/C(=N\NC(=O)c1ccncc1)c1ccc([N+](=O)[O-])cc1. The highest BCUT2D eigenvalue weighted by molar-refractivity contribution is 6.00. The van der Waals surface area contributed by atoms with Gasteiger partial charge < -0.3 is 0 Å². The molecule has 0 atom stereocenters. The molecule has 1 heterocycles. The Balaban J connectivity index is 2.07. The highest BCUT2D eigenvalue weighted by Gasteiger charge is 2.06. The molecule has 1 amide bonds. The summed E-state index contributed by atoms with van der Waals surface area (Å²) < 4.78 is 0. The lowest BCUT2D eigenvalue weighted by molar-refractivity contribution is -0.384. The number of non-ortho nitro benzene ring substituents is 1. The molecule has 7 heteroatoms. The number of pyridine rings is 1. The number of hydrogen-bond donors (Lipinski definition) is 1. The van der Waals surface area contributed by atoms with Crippen LogP contribution in [0.3, 0.4) is 0 Å². The summed E-state index contributed by atoms with van der Waals surface area (Å²) in [7, 11) is 0. The number of nitrogens with zero attached hydrogens (tertiary/aromatic N) is 3. The molecule has 0 bridgehead atoms. The second-order valence-corrected chi connectivity index (χ2v) is 4.18. The summed E-state index contributed by atoms with van der Waals surface area (Å²) in [4.78, 5) is 25.7. The Kier molecular flexibility index (Phi) is 4.35. The molecule has 2 rings (SSSR count). The number of hydrogen-bond acceptors (Lipinski definition) is 5. The first-order valence-electron chi connectivity index (χ1n) is 6.07. The molecular formula is C14H12N4O3. The third kappa shape index (κ3) is 3.69. The lowest BCUT2D eigenvalue weighted by Gasteiger charge is -2.02. The topological polar surface area (TPSA) is 97.5 Å². The van der Waals surface area contributed by atoms with Crippen LogP contribution in [0.15, 0.2) is 53.9 Å². The molecule has 7 nitrogen and oxygen atoms in total. The van der Waals surface area contributed by atoms with E-state index in [0.29, 0.717) is 16.8 Å². The van der Waals surface area contributed by atoms with Crippen LogP contribution in [0.25, 0.3) is 0 Å². The van der Waals surface area contributed by atoms with Gasteiger partial charge in [-0.1, -0.05) is 0 Å². The molecule has 1 aromatic carbocycles. The lowest BCUT2D eigenvalue weighted by Crippen LogP contribution is -2.19. The molecule has 0 unspecified atom stereocenters. The van der Waals surface area contributed by atoms with Crippen molar-refractivity contribution < 1.29 is 9.72 Å². The van der Waals surface area contributed by atoms with Crippen LogP contribution in [0.4, 0.5) is 5.69 Å². The van der Waals surface area contributed by atoms with Gasteiger partial charge in [-0.05, 0) is 36.8 Å². The second-order valence-electron chi connectivity index (χ2n) is 4.18. The van der Waals surface area contributed by atoms with Gasteiger partial charge in [0.15, 0.2) is 0 Å². The molecule has 0 aliphatic heterocycles. The van der Waals surface area contributed by atoms with Crippen LogP contribution in [-0.4, -0.2) is 21.5 Å². The monoisotopic (exact) mass is 284 g/mol.